The Balaban J connectivity index is 2.36. The van der Waals surface area contributed by atoms with Gasteiger partial charge in [-0.3, -0.25) is 4.79 Å². The van der Waals surface area contributed by atoms with Crippen molar-refractivity contribution in [2.24, 2.45) is 5.73 Å². The Kier molecular flexibility index (Phi) is 4.43. The van der Waals surface area contributed by atoms with Crippen LogP contribution in [0.25, 0.3) is 0 Å². The van der Waals surface area contributed by atoms with Crippen molar-refractivity contribution < 1.29 is 4.79 Å². The van der Waals surface area contributed by atoms with Gasteiger partial charge in [-0.25, -0.2) is 0 Å². The number of likely N-dealkylation sites (N-methyl/N-ethyl adjacent to an activating group) is 1. The molecule has 0 radical (unpaired) electrons. The minimum Gasteiger partial charge on any atom is -0.314 e. The number of rotatable bonds is 4. The summed E-state index contributed by atoms with van der Waals surface area (Å²) in [7, 11) is 0. The lowest BCUT2D eigenvalue weighted by molar-refractivity contribution is -0.123. The van der Waals surface area contributed by atoms with Gasteiger partial charge in [-0.2, -0.15) is 0 Å². The van der Waals surface area contributed by atoms with Crippen LogP contribution in [0, 0.1) is 6.92 Å². The van der Waals surface area contributed by atoms with Gasteiger partial charge >= 0.3 is 0 Å². The third kappa shape index (κ3) is 3.14. The molecule has 1 amide bonds. The van der Waals surface area contributed by atoms with Crippen molar-refractivity contribution in [2.45, 2.75) is 26.3 Å². The van der Waals surface area contributed by atoms with Gasteiger partial charge in [0.2, 0.25) is 0 Å². The third-order valence-electron chi connectivity index (χ3n) is 3.69. The lowest BCUT2D eigenvalue weighted by Gasteiger charge is -2.31. The first-order chi connectivity index (χ1) is 9.96. The monoisotopic (exact) mass is 282 g/mol. The van der Waals surface area contributed by atoms with E-state index in [9.17, 15) is 4.79 Å². The molecule has 0 heterocycles. The number of nitrogens with zero attached hydrogens (tertiary/aromatic N) is 1. The van der Waals surface area contributed by atoms with E-state index in [-0.39, 0.29) is 5.91 Å². The highest BCUT2D eigenvalue weighted by atomic mass is 16.2. The number of nitrogens with two attached hydrogens (primary N) is 1. The maximum Gasteiger partial charge on any atom is 0.251 e. The number of anilines is 1. The van der Waals surface area contributed by atoms with Crippen molar-refractivity contribution in [3.8, 4) is 0 Å². The highest BCUT2D eigenvalue weighted by Gasteiger charge is 2.34. The van der Waals surface area contributed by atoms with E-state index in [1.165, 1.54) is 0 Å². The summed E-state index contributed by atoms with van der Waals surface area (Å²) in [6, 6.07) is 17.4. The molecule has 0 aliphatic carbocycles. The van der Waals surface area contributed by atoms with E-state index in [4.69, 9.17) is 5.73 Å². The van der Waals surface area contributed by atoms with E-state index in [0.717, 1.165) is 16.8 Å². The Morgan fingerprint density at radius 1 is 1.14 bits per heavy atom. The Bertz CT molecular complexity index is 620. The van der Waals surface area contributed by atoms with Crippen molar-refractivity contribution in [3.05, 3.63) is 65.7 Å². The molecular formula is C18H22N2O. The summed E-state index contributed by atoms with van der Waals surface area (Å²) < 4.78 is 0. The maximum absolute atomic E-state index is 12.9. The number of carbonyl (C=O) groups excluding carboxylic acids is 1. The molecule has 0 saturated carbocycles. The van der Waals surface area contributed by atoms with Crippen LogP contribution in [0.15, 0.2) is 54.6 Å². The van der Waals surface area contributed by atoms with Crippen LogP contribution in [0.1, 0.15) is 25.0 Å². The molecule has 1 atom stereocenters. The average Bonchev–Trinajstić information content (AvgIpc) is 2.49. The second kappa shape index (κ2) is 6.10. The van der Waals surface area contributed by atoms with Gasteiger partial charge in [0, 0.05) is 12.2 Å². The number of amides is 1. The molecule has 0 aromatic heterocycles. The molecule has 2 N–H and O–H groups in total. The Labute approximate surface area is 126 Å². The van der Waals surface area contributed by atoms with Crippen LogP contribution < -0.4 is 10.6 Å². The van der Waals surface area contributed by atoms with Crippen molar-refractivity contribution >= 4 is 11.6 Å². The average molecular weight is 282 g/mol. The molecule has 3 heteroatoms. The van der Waals surface area contributed by atoms with Crippen molar-refractivity contribution in [1.29, 1.82) is 0 Å². The lowest BCUT2D eigenvalue weighted by atomic mass is 9.91. The minimum absolute atomic E-state index is 0.0956. The molecule has 0 aliphatic heterocycles. The Morgan fingerprint density at radius 3 is 2.38 bits per heavy atom. The van der Waals surface area contributed by atoms with Gasteiger partial charge < -0.3 is 10.6 Å². The number of carbonyl (C=O) groups is 1. The quantitative estimate of drug-likeness (QED) is 0.936. The summed E-state index contributed by atoms with van der Waals surface area (Å²) in [6.45, 7) is 6.33. The molecule has 2 aromatic carbocycles. The molecule has 1 unspecified atom stereocenters. The molecule has 0 fully saturated rings. The standard InChI is InChI=1S/C18H22N2O/c1-4-20(16-12-8-9-14(2)13-16)17(21)18(3,19)15-10-6-5-7-11-15/h5-13H,4,19H2,1-3H3. The van der Waals surface area contributed by atoms with Crippen molar-refractivity contribution in [1.82, 2.24) is 0 Å². The first-order valence-corrected chi connectivity index (χ1v) is 7.20. The topological polar surface area (TPSA) is 46.3 Å². The van der Waals surface area contributed by atoms with Crippen LogP contribution in [-0.2, 0) is 10.3 Å². The van der Waals surface area contributed by atoms with E-state index in [2.05, 4.69) is 0 Å². The van der Waals surface area contributed by atoms with E-state index < -0.39 is 5.54 Å². The first-order valence-electron chi connectivity index (χ1n) is 7.20. The smallest absolute Gasteiger partial charge is 0.251 e. The maximum atomic E-state index is 12.9. The normalized spacial score (nSPS) is 13.5. The second-order valence-corrected chi connectivity index (χ2v) is 5.46. The van der Waals surface area contributed by atoms with Crippen LogP contribution >= 0.6 is 0 Å². The molecule has 2 rings (SSSR count). The Morgan fingerprint density at radius 2 is 1.81 bits per heavy atom. The molecule has 0 bridgehead atoms. The van der Waals surface area contributed by atoms with E-state index in [0.29, 0.717) is 6.54 Å². The highest BCUT2D eigenvalue weighted by molar-refractivity contribution is 6.00. The largest absolute Gasteiger partial charge is 0.314 e. The van der Waals surface area contributed by atoms with Crippen LogP contribution in [-0.4, -0.2) is 12.5 Å². The molecule has 21 heavy (non-hydrogen) atoms. The van der Waals surface area contributed by atoms with Crippen LogP contribution in [0.3, 0.4) is 0 Å². The fourth-order valence-electron chi connectivity index (χ4n) is 2.43. The Hall–Kier alpha value is -2.13. The van der Waals surface area contributed by atoms with Gasteiger partial charge in [0.1, 0.15) is 5.54 Å². The molecule has 2 aromatic rings. The number of benzene rings is 2. The van der Waals surface area contributed by atoms with E-state index in [1.807, 2.05) is 68.4 Å². The van der Waals surface area contributed by atoms with Crippen LogP contribution in [0.2, 0.25) is 0 Å². The summed E-state index contributed by atoms with van der Waals surface area (Å²) in [6.07, 6.45) is 0. The summed E-state index contributed by atoms with van der Waals surface area (Å²) >= 11 is 0. The fraction of sp³-hybridized carbons (Fsp3) is 0.278. The van der Waals surface area contributed by atoms with Gasteiger partial charge in [0.05, 0.1) is 0 Å². The van der Waals surface area contributed by atoms with Crippen molar-refractivity contribution in [2.75, 3.05) is 11.4 Å². The zero-order valence-electron chi connectivity index (χ0n) is 12.8. The SMILES string of the molecule is CCN(C(=O)C(C)(N)c1ccccc1)c1cccc(C)c1. The summed E-state index contributed by atoms with van der Waals surface area (Å²) in [5.41, 5.74) is 8.13. The molecule has 110 valence electrons. The first kappa shape index (κ1) is 15.3. The number of hydrogen-bond donors (Lipinski definition) is 1. The summed E-state index contributed by atoms with van der Waals surface area (Å²) in [4.78, 5) is 14.6. The zero-order valence-corrected chi connectivity index (χ0v) is 12.8. The lowest BCUT2D eigenvalue weighted by Crippen LogP contribution is -2.51. The highest BCUT2D eigenvalue weighted by Crippen LogP contribution is 2.24. The van der Waals surface area contributed by atoms with Crippen LogP contribution in [0.5, 0.6) is 0 Å². The van der Waals surface area contributed by atoms with Gasteiger partial charge in [0.15, 0.2) is 0 Å². The molecular weight excluding hydrogens is 260 g/mol. The van der Waals surface area contributed by atoms with Gasteiger partial charge in [-0.15, -0.1) is 0 Å². The minimum atomic E-state index is -1.04. The predicted molar refractivity (Wildman–Crippen MR) is 87.2 cm³/mol. The molecule has 0 aliphatic rings. The van der Waals surface area contributed by atoms with E-state index >= 15 is 0 Å². The number of hydrogen-bond acceptors (Lipinski definition) is 2. The third-order valence-corrected chi connectivity index (χ3v) is 3.69. The van der Waals surface area contributed by atoms with Gasteiger partial charge in [-0.1, -0.05) is 42.5 Å². The van der Waals surface area contributed by atoms with Gasteiger partial charge in [0.25, 0.3) is 5.91 Å². The molecule has 0 saturated heterocycles. The molecule has 0 spiro atoms. The fourth-order valence-corrected chi connectivity index (χ4v) is 2.43. The summed E-state index contributed by atoms with van der Waals surface area (Å²) in [5.74, 6) is -0.0956. The summed E-state index contributed by atoms with van der Waals surface area (Å²) in [5, 5.41) is 0. The van der Waals surface area contributed by atoms with Gasteiger partial charge in [-0.05, 0) is 44.0 Å². The molecule has 3 nitrogen and oxygen atoms in total. The zero-order chi connectivity index (χ0) is 15.5. The van der Waals surface area contributed by atoms with E-state index in [1.54, 1.807) is 11.8 Å². The van der Waals surface area contributed by atoms with Crippen LogP contribution in [0.4, 0.5) is 5.69 Å². The van der Waals surface area contributed by atoms with Crippen molar-refractivity contribution in [3.63, 3.8) is 0 Å². The second-order valence-electron chi connectivity index (χ2n) is 5.46. The predicted octanol–water partition coefficient (Wildman–Crippen LogP) is 3.22. The number of aryl methyl sites for hydroxylation is 1.